The zero-order chi connectivity index (χ0) is 12.3. The normalized spacial score (nSPS) is 23.2. The second kappa shape index (κ2) is 11.5. The topological polar surface area (TPSA) is 49.3 Å². The number of aliphatic hydroxyl groups is 1. The van der Waals surface area contributed by atoms with E-state index in [1.807, 2.05) is 13.8 Å². The SMILES string of the molecule is CC.CCCC1NC(=O)CC1CC.CO. The maximum absolute atomic E-state index is 11.0. The molecule has 0 radical (unpaired) electrons. The van der Waals surface area contributed by atoms with Crippen LogP contribution in [0.1, 0.15) is 53.4 Å². The van der Waals surface area contributed by atoms with Crippen molar-refractivity contribution in [2.75, 3.05) is 7.11 Å². The second-order valence-electron chi connectivity index (χ2n) is 3.34. The van der Waals surface area contributed by atoms with Crippen molar-refractivity contribution in [2.45, 2.75) is 59.4 Å². The van der Waals surface area contributed by atoms with Crippen LogP contribution < -0.4 is 5.32 Å². The van der Waals surface area contributed by atoms with Crippen molar-refractivity contribution in [1.29, 1.82) is 0 Å². The van der Waals surface area contributed by atoms with Gasteiger partial charge < -0.3 is 10.4 Å². The molecule has 2 N–H and O–H groups in total. The smallest absolute Gasteiger partial charge is 0.220 e. The molecule has 3 heteroatoms. The van der Waals surface area contributed by atoms with Crippen LogP contribution >= 0.6 is 0 Å². The zero-order valence-electron chi connectivity index (χ0n) is 10.8. The molecule has 1 rings (SSSR count). The van der Waals surface area contributed by atoms with Gasteiger partial charge in [-0.3, -0.25) is 4.79 Å². The van der Waals surface area contributed by atoms with Gasteiger partial charge in [0.1, 0.15) is 0 Å². The molecule has 0 saturated carbocycles. The van der Waals surface area contributed by atoms with Crippen molar-refractivity contribution in [2.24, 2.45) is 5.92 Å². The molecule has 1 heterocycles. The Morgan fingerprint density at radius 2 is 1.87 bits per heavy atom. The second-order valence-corrected chi connectivity index (χ2v) is 3.34. The van der Waals surface area contributed by atoms with E-state index in [2.05, 4.69) is 19.2 Å². The Bertz CT molecular complexity index is 149. The van der Waals surface area contributed by atoms with Gasteiger partial charge in [-0.25, -0.2) is 0 Å². The lowest BCUT2D eigenvalue weighted by Crippen LogP contribution is -2.28. The largest absolute Gasteiger partial charge is 0.400 e. The van der Waals surface area contributed by atoms with E-state index >= 15 is 0 Å². The zero-order valence-corrected chi connectivity index (χ0v) is 10.8. The monoisotopic (exact) mass is 217 g/mol. The van der Waals surface area contributed by atoms with E-state index < -0.39 is 0 Å². The summed E-state index contributed by atoms with van der Waals surface area (Å²) in [6, 6.07) is 0.470. The van der Waals surface area contributed by atoms with E-state index in [0.717, 1.165) is 26.4 Å². The third-order valence-corrected chi connectivity index (χ3v) is 2.49. The van der Waals surface area contributed by atoms with Crippen molar-refractivity contribution in [1.82, 2.24) is 5.32 Å². The molecule has 92 valence electrons. The fraction of sp³-hybridized carbons (Fsp3) is 0.917. The number of rotatable bonds is 3. The molecule has 2 unspecified atom stereocenters. The molecule has 1 saturated heterocycles. The lowest BCUT2D eigenvalue weighted by Gasteiger charge is -2.15. The number of amides is 1. The minimum atomic E-state index is 0.246. The van der Waals surface area contributed by atoms with Crippen LogP contribution in [-0.4, -0.2) is 24.2 Å². The van der Waals surface area contributed by atoms with Gasteiger partial charge in [-0.2, -0.15) is 0 Å². The van der Waals surface area contributed by atoms with Crippen molar-refractivity contribution in [3.05, 3.63) is 0 Å². The Balaban J connectivity index is 0. The van der Waals surface area contributed by atoms with Crippen LogP contribution in [0.15, 0.2) is 0 Å². The van der Waals surface area contributed by atoms with Crippen LogP contribution in [0.4, 0.5) is 0 Å². The average Bonchev–Trinajstić information content (AvgIpc) is 2.65. The van der Waals surface area contributed by atoms with Gasteiger partial charge in [0.25, 0.3) is 0 Å². The Morgan fingerprint density at radius 1 is 1.33 bits per heavy atom. The number of hydrogen-bond acceptors (Lipinski definition) is 2. The van der Waals surface area contributed by atoms with Crippen LogP contribution in [0.5, 0.6) is 0 Å². The van der Waals surface area contributed by atoms with E-state index in [9.17, 15) is 4.79 Å². The summed E-state index contributed by atoms with van der Waals surface area (Å²) in [5.74, 6) is 0.845. The lowest BCUT2D eigenvalue weighted by molar-refractivity contribution is -0.119. The fourth-order valence-electron chi connectivity index (χ4n) is 1.81. The molecule has 0 aromatic rings. The summed E-state index contributed by atoms with van der Waals surface area (Å²) in [6.45, 7) is 8.32. The first-order valence-electron chi connectivity index (χ1n) is 6.02. The molecule has 1 amide bonds. The Kier molecular flexibility index (Phi) is 12.9. The minimum absolute atomic E-state index is 0.246. The van der Waals surface area contributed by atoms with Crippen LogP contribution in [0.3, 0.4) is 0 Å². The fourth-order valence-corrected chi connectivity index (χ4v) is 1.81. The van der Waals surface area contributed by atoms with Gasteiger partial charge in [0.15, 0.2) is 0 Å². The van der Waals surface area contributed by atoms with E-state index in [0.29, 0.717) is 12.0 Å². The highest BCUT2D eigenvalue weighted by Gasteiger charge is 2.29. The first-order valence-corrected chi connectivity index (χ1v) is 6.02. The molecular formula is C12H27NO2. The molecule has 3 nitrogen and oxygen atoms in total. The number of carbonyl (C=O) groups excluding carboxylic acids is 1. The van der Waals surface area contributed by atoms with Crippen molar-refractivity contribution < 1.29 is 9.90 Å². The lowest BCUT2D eigenvalue weighted by atomic mass is 9.95. The van der Waals surface area contributed by atoms with E-state index in [-0.39, 0.29) is 5.91 Å². The molecule has 2 atom stereocenters. The summed E-state index contributed by atoms with van der Waals surface area (Å²) in [5.41, 5.74) is 0. The predicted octanol–water partition coefficient (Wildman–Crippen LogP) is 2.34. The maximum Gasteiger partial charge on any atom is 0.220 e. The van der Waals surface area contributed by atoms with Crippen LogP contribution in [0.2, 0.25) is 0 Å². The summed E-state index contributed by atoms with van der Waals surface area (Å²) in [7, 11) is 1.00. The average molecular weight is 217 g/mol. The Labute approximate surface area is 94.3 Å². The maximum atomic E-state index is 11.0. The van der Waals surface area contributed by atoms with Gasteiger partial charge in [0, 0.05) is 19.6 Å². The summed E-state index contributed by atoms with van der Waals surface area (Å²) in [5, 5.41) is 10.0. The number of nitrogens with one attached hydrogen (secondary N) is 1. The van der Waals surface area contributed by atoms with Gasteiger partial charge in [0.05, 0.1) is 0 Å². The predicted molar refractivity (Wildman–Crippen MR) is 64.7 cm³/mol. The van der Waals surface area contributed by atoms with Crippen molar-refractivity contribution >= 4 is 5.91 Å². The molecule has 0 spiro atoms. The van der Waals surface area contributed by atoms with Crippen LogP contribution in [-0.2, 0) is 4.79 Å². The summed E-state index contributed by atoms with van der Waals surface area (Å²) >= 11 is 0. The molecule has 1 fully saturated rings. The number of carbonyl (C=O) groups is 1. The molecule has 0 bridgehead atoms. The first-order chi connectivity index (χ1) is 7.27. The Hall–Kier alpha value is -0.570. The quantitative estimate of drug-likeness (QED) is 0.762. The van der Waals surface area contributed by atoms with Gasteiger partial charge in [-0.1, -0.05) is 40.5 Å². The standard InChI is InChI=1S/C9H17NO.C2H6.CH4O/c1-3-5-8-7(4-2)6-9(11)10-8;2*1-2/h7-8H,3-6H2,1-2H3,(H,10,11);1-2H3;2H,1H3. The molecule has 1 aliphatic heterocycles. The molecule has 1 aliphatic rings. The van der Waals surface area contributed by atoms with Gasteiger partial charge in [-0.05, 0) is 12.3 Å². The van der Waals surface area contributed by atoms with Gasteiger partial charge in [0.2, 0.25) is 5.91 Å². The molecule has 15 heavy (non-hydrogen) atoms. The third kappa shape index (κ3) is 6.50. The summed E-state index contributed by atoms with van der Waals surface area (Å²) < 4.78 is 0. The number of aliphatic hydroxyl groups excluding tert-OH is 1. The number of hydrogen-bond donors (Lipinski definition) is 2. The van der Waals surface area contributed by atoms with Crippen LogP contribution in [0, 0.1) is 5.92 Å². The van der Waals surface area contributed by atoms with Crippen LogP contribution in [0.25, 0.3) is 0 Å². The highest BCUT2D eigenvalue weighted by atomic mass is 16.2. The van der Waals surface area contributed by atoms with E-state index in [1.54, 1.807) is 0 Å². The third-order valence-electron chi connectivity index (χ3n) is 2.49. The minimum Gasteiger partial charge on any atom is -0.400 e. The van der Waals surface area contributed by atoms with Gasteiger partial charge >= 0.3 is 0 Å². The molecular weight excluding hydrogens is 190 g/mol. The first kappa shape index (κ1) is 16.8. The van der Waals surface area contributed by atoms with Crippen molar-refractivity contribution in [3.8, 4) is 0 Å². The Morgan fingerprint density at radius 3 is 2.27 bits per heavy atom. The molecule has 0 aromatic heterocycles. The highest BCUT2D eigenvalue weighted by molar-refractivity contribution is 5.78. The molecule has 0 aliphatic carbocycles. The highest BCUT2D eigenvalue weighted by Crippen LogP contribution is 2.22. The summed E-state index contributed by atoms with van der Waals surface area (Å²) in [4.78, 5) is 11.0. The summed E-state index contributed by atoms with van der Waals surface area (Å²) in [6.07, 6.45) is 4.19. The van der Waals surface area contributed by atoms with E-state index in [1.165, 1.54) is 6.42 Å². The van der Waals surface area contributed by atoms with Gasteiger partial charge in [-0.15, -0.1) is 0 Å². The van der Waals surface area contributed by atoms with E-state index in [4.69, 9.17) is 5.11 Å². The molecule has 0 aromatic carbocycles. The van der Waals surface area contributed by atoms with Crippen molar-refractivity contribution in [3.63, 3.8) is 0 Å².